The summed E-state index contributed by atoms with van der Waals surface area (Å²) in [5.41, 5.74) is 1.55. The maximum absolute atomic E-state index is 12.7. The molecule has 0 radical (unpaired) electrons. The summed E-state index contributed by atoms with van der Waals surface area (Å²) < 4.78 is 43.5. The van der Waals surface area contributed by atoms with Crippen molar-refractivity contribution >= 4 is 11.7 Å². The number of nitrogens with zero attached hydrogens (tertiary/aromatic N) is 3. The van der Waals surface area contributed by atoms with Crippen LogP contribution in [0.1, 0.15) is 29.9 Å². The van der Waals surface area contributed by atoms with Gasteiger partial charge < -0.3 is 14.7 Å². The molecule has 4 rings (SSSR count). The molecule has 1 saturated heterocycles. The first kappa shape index (κ1) is 21.9. The Hall–Kier alpha value is -3.36. The summed E-state index contributed by atoms with van der Waals surface area (Å²) >= 11 is 0. The van der Waals surface area contributed by atoms with Gasteiger partial charge in [-0.25, -0.2) is 4.79 Å². The van der Waals surface area contributed by atoms with E-state index in [1.807, 2.05) is 31.2 Å². The molecule has 1 N–H and O–H groups in total. The SMILES string of the molecule is Cc1ccccc1-c1noc(C[C@@H]2CCCN(C(=O)Nc3ccc(C(F)(F)F)cc3)C2)n1. The summed E-state index contributed by atoms with van der Waals surface area (Å²) in [5, 5.41) is 6.76. The Morgan fingerprint density at radius 1 is 1.19 bits per heavy atom. The van der Waals surface area contributed by atoms with Gasteiger partial charge in [-0.15, -0.1) is 0 Å². The summed E-state index contributed by atoms with van der Waals surface area (Å²) in [6.07, 6.45) is -2.10. The highest BCUT2D eigenvalue weighted by Gasteiger charge is 2.30. The lowest BCUT2D eigenvalue weighted by Gasteiger charge is -2.32. The molecule has 0 saturated carbocycles. The van der Waals surface area contributed by atoms with E-state index < -0.39 is 11.7 Å². The van der Waals surface area contributed by atoms with Crippen molar-refractivity contribution in [2.45, 2.75) is 32.4 Å². The van der Waals surface area contributed by atoms with Crippen LogP contribution in [0.3, 0.4) is 0 Å². The lowest BCUT2D eigenvalue weighted by molar-refractivity contribution is -0.137. The lowest BCUT2D eigenvalue weighted by atomic mass is 9.95. The number of likely N-dealkylation sites (tertiary alicyclic amines) is 1. The van der Waals surface area contributed by atoms with Crippen LogP contribution in [0.5, 0.6) is 0 Å². The molecule has 2 amide bonds. The van der Waals surface area contributed by atoms with Crippen LogP contribution < -0.4 is 5.32 Å². The molecule has 2 heterocycles. The van der Waals surface area contributed by atoms with Crippen molar-refractivity contribution in [2.24, 2.45) is 5.92 Å². The zero-order valence-corrected chi connectivity index (χ0v) is 17.5. The fourth-order valence-electron chi connectivity index (χ4n) is 3.88. The molecule has 0 aliphatic carbocycles. The number of carbonyl (C=O) groups is 1. The van der Waals surface area contributed by atoms with Crippen LogP contribution in [0, 0.1) is 12.8 Å². The number of hydrogen-bond donors (Lipinski definition) is 1. The molecule has 1 aliphatic heterocycles. The third kappa shape index (κ3) is 5.09. The average molecular weight is 444 g/mol. The average Bonchev–Trinajstić information content (AvgIpc) is 3.22. The quantitative estimate of drug-likeness (QED) is 0.573. The molecule has 168 valence electrons. The molecular weight excluding hydrogens is 421 g/mol. The Balaban J connectivity index is 1.35. The minimum Gasteiger partial charge on any atom is -0.339 e. The van der Waals surface area contributed by atoms with Crippen LogP contribution in [0.2, 0.25) is 0 Å². The smallest absolute Gasteiger partial charge is 0.339 e. The Morgan fingerprint density at radius 2 is 1.94 bits per heavy atom. The number of urea groups is 1. The standard InChI is InChI=1S/C23H23F3N4O2/c1-15-5-2-3-7-19(15)21-28-20(32-29-21)13-16-6-4-12-30(14-16)22(31)27-18-10-8-17(9-11-18)23(24,25)26/h2-3,5,7-11,16H,4,6,12-14H2,1H3,(H,27,31)/t16-/m0/s1. The number of benzene rings is 2. The molecular formula is C23H23F3N4O2. The number of nitrogens with one attached hydrogen (secondary N) is 1. The maximum atomic E-state index is 12.7. The Kier molecular flexibility index (Phi) is 6.16. The lowest BCUT2D eigenvalue weighted by Crippen LogP contribution is -2.42. The summed E-state index contributed by atoms with van der Waals surface area (Å²) in [4.78, 5) is 18.8. The number of alkyl halides is 3. The number of anilines is 1. The number of aryl methyl sites for hydroxylation is 1. The summed E-state index contributed by atoms with van der Waals surface area (Å²) in [7, 11) is 0. The molecule has 32 heavy (non-hydrogen) atoms. The highest BCUT2D eigenvalue weighted by Crippen LogP contribution is 2.30. The number of amides is 2. The van der Waals surface area contributed by atoms with Gasteiger partial charge in [0.25, 0.3) is 0 Å². The second-order valence-electron chi connectivity index (χ2n) is 7.99. The van der Waals surface area contributed by atoms with Crippen LogP contribution in [-0.4, -0.2) is 34.2 Å². The van der Waals surface area contributed by atoms with Crippen LogP contribution in [0.25, 0.3) is 11.4 Å². The number of piperidine rings is 1. The van der Waals surface area contributed by atoms with Gasteiger partial charge in [0, 0.05) is 30.8 Å². The van der Waals surface area contributed by atoms with E-state index in [0.29, 0.717) is 36.9 Å². The van der Waals surface area contributed by atoms with Crippen molar-refractivity contribution in [2.75, 3.05) is 18.4 Å². The topological polar surface area (TPSA) is 71.3 Å². The van der Waals surface area contributed by atoms with Crippen molar-refractivity contribution < 1.29 is 22.5 Å². The Bertz CT molecular complexity index is 1080. The highest BCUT2D eigenvalue weighted by molar-refractivity contribution is 5.89. The molecule has 1 fully saturated rings. The van der Waals surface area contributed by atoms with E-state index in [1.54, 1.807) is 4.90 Å². The molecule has 3 aromatic rings. The van der Waals surface area contributed by atoms with Gasteiger partial charge in [0.15, 0.2) is 0 Å². The highest BCUT2D eigenvalue weighted by atomic mass is 19.4. The van der Waals surface area contributed by atoms with Crippen LogP contribution in [-0.2, 0) is 12.6 Å². The Morgan fingerprint density at radius 3 is 2.66 bits per heavy atom. The molecule has 0 unspecified atom stereocenters. The monoisotopic (exact) mass is 444 g/mol. The van der Waals surface area contributed by atoms with Gasteiger partial charge in [-0.2, -0.15) is 18.2 Å². The van der Waals surface area contributed by atoms with Gasteiger partial charge in [-0.1, -0.05) is 29.4 Å². The van der Waals surface area contributed by atoms with Gasteiger partial charge >= 0.3 is 12.2 Å². The van der Waals surface area contributed by atoms with Gasteiger partial charge in [-0.3, -0.25) is 0 Å². The molecule has 0 spiro atoms. The largest absolute Gasteiger partial charge is 0.416 e. The van der Waals surface area contributed by atoms with E-state index >= 15 is 0 Å². The number of rotatable bonds is 4. The first-order valence-corrected chi connectivity index (χ1v) is 10.4. The van der Waals surface area contributed by atoms with Crippen molar-refractivity contribution in [3.63, 3.8) is 0 Å². The Labute approximate surface area is 183 Å². The van der Waals surface area contributed by atoms with Crippen LogP contribution in [0.4, 0.5) is 23.7 Å². The van der Waals surface area contributed by atoms with E-state index in [9.17, 15) is 18.0 Å². The predicted molar refractivity (Wildman–Crippen MR) is 113 cm³/mol. The molecule has 1 aromatic heterocycles. The molecule has 6 nitrogen and oxygen atoms in total. The predicted octanol–water partition coefficient (Wildman–Crippen LogP) is 5.55. The number of carbonyl (C=O) groups excluding carboxylic acids is 1. The minimum atomic E-state index is -4.41. The van der Waals surface area contributed by atoms with E-state index in [2.05, 4.69) is 15.5 Å². The van der Waals surface area contributed by atoms with Crippen LogP contribution >= 0.6 is 0 Å². The van der Waals surface area contributed by atoms with E-state index in [1.165, 1.54) is 12.1 Å². The third-order valence-electron chi connectivity index (χ3n) is 5.59. The molecule has 9 heteroatoms. The summed E-state index contributed by atoms with van der Waals surface area (Å²) in [6, 6.07) is 11.9. The van der Waals surface area contributed by atoms with Crippen LogP contribution in [0.15, 0.2) is 53.1 Å². The summed E-state index contributed by atoms with van der Waals surface area (Å²) in [5.74, 6) is 1.23. The third-order valence-corrected chi connectivity index (χ3v) is 5.59. The minimum absolute atomic E-state index is 0.160. The van der Waals surface area contributed by atoms with Gasteiger partial charge in [0.05, 0.1) is 5.56 Å². The van der Waals surface area contributed by atoms with E-state index in [0.717, 1.165) is 36.1 Å². The fraction of sp³-hybridized carbons (Fsp3) is 0.348. The van der Waals surface area contributed by atoms with Crippen molar-refractivity contribution in [1.29, 1.82) is 0 Å². The first-order chi connectivity index (χ1) is 15.3. The number of hydrogen-bond acceptors (Lipinski definition) is 4. The van der Waals surface area contributed by atoms with E-state index in [-0.39, 0.29) is 11.9 Å². The van der Waals surface area contributed by atoms with Gasteiger partial charge in [0.1, 0.15) is 0 Å². The van der Waals surface area contributed by atoms with Gasteiger partial charge in [-0.05, 0) is 55.5 Å². The van der Waals surface area contributed by atoms with E-state index in [4.69, 9.17) is 4.52 Å². The van der Waals surface area contributed by atoms with Gasteiger partial charge in [0.2, 0.25) is 11.7 Å². The second kappa shape index (κ2) is 9.02. The number of halogens is 3. The van der Waals surface area contributed by atoms with Crippen molar-refractivity contribution in [3.05, 3.63) is 65.5 Å². The zero-order valence-electron chi connectivity index (χ0n) is 17.5. The molecule has 1 aliphatic rings. The summed E-state index contributed by atoms with van der Waals surface area (Å²) in [6.45, 7) is 3.08. The molecule has 0 bridgehead atoms. The molecule has 1 atom stereocenters. The number of aromatic nitrogens is 2. The second-order valence-corrected chi connectivity index (χ2v) is 7.99. The normalized spacial score (nSPS) is 16.8. The van der Waals surface area contributed by atoms with Crippen molar-refractivity contribution in [1.82, 2.24) is 15.0 Å². The fourth-order valence-corrected chi connectivity index (χ4v) is 3.88. The first-order valence-electron chi connectivity index (χ1n) is 10.4. The van der Waals surface area contributed by atoms with Crippen molar-refractivity contribution in [3.8, 4) is 11.4 Å². The zero-order chi connectivity index (χ0) is 22.7. The maximum Gasteiger partial charge on any atom is 0.416 e. The molecule has 2 aromatic carbocycles.